The Balaban J connectivity index is 1.83. The second-order valence-electron chi connectivity index (χ2n) is 5.45. The van der Waals surface area contributed by atoms with Crippen molar-refractivity contribution in [3.05, 3.63) is 45.8 Å². The molecule has 0 radical (unpaired) electrons. The summed E-state index contributed by atoms with van der Waals surface area (Å²) in [4.78, 5) is 22.7. The number of piperidine rings is 1. The molecule has 0 atom stereocenters. The van der Waals surface area contributed by atoms with Crippen LogP contribution in [0.4, 0.5) is 0 Å². The van der Waals surface area contributed by atoms with E-state index in [-0.39, 0.29) is 12.0 Å². The van der Waals surface area contributed by atoms with Crippen molar-refractivity contribution < 1.29 is 9.90 Å². The minimum atomic E-state index is -0.305. The molecule has 7 heteroatoms. The topological polar surface area (TPSA) is 66.3 Å². The molecule has 5 nitrogen and oxygen atoms in total. The summed E-state index contributed by atoms with van der Waals surface area (Å²) >= 11 is 9.61. The lowest BCUT2D eigenvalue weighted by Gasteiger charge is -2.29. The highest BCUT2D eigenvalue weighted by Crippen LogP contribution is 2.28. The van der Waals surface area contributed by atoms with E-state index >= 15 is 0 Å². The van der Waals surface area contributed by atoms with Crippen molar-refractivity contribution in [1.29, 1.82) is 0 Å². The fourth-order valence-electron chi connectivity index (χ4n) is 2.58. The zero-order valence-electron chi connectivity index (χ0n) is 12.2. The van der Waals surface area contributed by atoms with Gasteiger partial charge < -0.3 is 10.0 Å². The van der Waals surface area contributed by atoms with Crippen LogP contribution < -0.4 is 0 Å². The number of hydrogen-bond acceptors (Lipinski definition) is 4. The van der Waals surface area contributed by atoms with E-state index in [0.717, 1.165) is 5.56 Å². The van der Waals surface area contributed by atoms with E-state index < -0.39 is 0 Å². The quantitative estimate of drug-likeness (QED) is 0.847. The molecule has 1 aliphatic heterocycles. The Hall–Kier alpha value is -1.50. The Bertz CT molecular complexity index is 733. The van der Waals surface area contributed by atoms with Crippen LogP contribution in [0, 0.1) is 0 Å². The molecular formula is C16H15BrClN3O2. The number of rotatable bonds is 2. The number of carbonyl (C=O) groups is 1. The molecule has 1 N–H and O–H groups in total. The van der Waals surface area contributed by atoms with Crippen LogP contribution in [0.25, 0.3) is 11.3 Å². The highest BCUT2D eigenvalue weighted by molar-refractivity contribution is 9.10. The number of nitrogens with zero attached hydrogens (tertiary/aromatic N) is 3. The Morgan fingerprint density at radius 3 is 2.70 bits per heavy atom. The number of aliphatic hydroxyl groups is 1. The summed E-state index contributed by atoms with van der Waals surface area (Å²) in [7, 11) is 0. The Labute approximate surface area is 147 Å². The summed E-state index contributed by atoms with van der Waals surface area (Å²) in [5.41, 5.74) is 1.91. The average Bonchev–Trinajstić information content (AvgIpc) is 2.55. The number of likely N-dealkylation sites (tertiary alicyclic amines) is 1. The molecule has 0 bridgehead atoms. The normalized spacial score (nSPS) is 15.7. The third kappa shape index (κ3) is 3.71. The van der Waals surface area contributed by atoms with E-state index in [2.05, 4.69) is 25.9 Å². The largest absolute Gasteiger partial charge is 0.393 e. The number of halogens is 2. The molecule has 0 unspecified atom stereocenters. The number of benzene rings is 1. The van der Waals surface area contributed by atoms with Crippen molar-refractivity contribution in [3.63, 3.8) is 0 Å². The first kappa shape index (κ1) is 16.4. The van der Waals surface area contributed by atoms with Gasteiger partial charge in [0.15, 0.2) is 0 Å². The fourth-order valence-corrected chi connectivity index (χ4v) is 3.17. The molecular weight excluding hydrogens is 382 g/mol. The summed E-state index contributed by atoms with van der Waals surface area (Å²) < 4.78 is 0.623. The minimum absolute atomic E-state index is 0.0642. The zero-order chi connectivity index (χ0) is 16.4. The van der Waals surface area contributed by atoms with Crippen LogP contribution >= 0.6 is 27.5 Å². The van der Waals surface area contributed by atoms with E-state index in [4.69, 9.17) is 11.6 Å². The van der Waals surface area contributed by atoms with Crippen LogP contribution in [-0.4, -0.2) is 45.1 Å². The highest BCUT2D eigenvalue weighted by atomic mass is 79.9. The van der Waals surface area contributed by atoms with Crippen LogP contribution in [-0.2, 0) is 0 Å². The standard InChI is InChI=1S/C16H15BrClN3O2/c17-15-9-19-8-14(20-15)12-2-1-10(7-13(12)18)16(23)21-5-3-11(22)4-6-21/h1-2,7-9,11,22H,3-6H2. The van der Waals surface area contributed by atoms with Gasteiger partial charge >= 0.3 is 0 Å². The number of aliphatic hydroxyl groups excluding tert-OH is 1. The predicted molar refractivity (Wildman–Crippen MR) is 91.3 cm³/mol. The lowest BCUT2D eigenvalue weighted by Crippen LogP contribution is -2.40. The van der Waals surface area contributed by atoms with Gasteiger partial charge in [-0.2, -0.15) is 0 Å². The molecule has 120 valence electrons. The molecule has 0 spiro atoms. The summed E-state index contributed by atoms with van der Waals surface area (Å²) in [6.07, 6.45) is 4.15. The summed E-state index contributed by atoms with van der Waals surface area (Å²) in [5, 5.41) is 9.99. The van der Waals surface area contributed by atoms with Gasteiger partial charge in [0.2, 0.25) is 0 Å². The van der Waals surface area contributed by atoms with Gasteiger partial charge in [-0.15, -0.1) is 0 Å². The molecule has 1 fully saturated rings. The van der Waals surface area contributed by atoms with Gasteiger partial charge in [0.05, 0.1) is 29.2 Å². The van der Waals surface area contributed by atoms with Gasteiger partial charge in [0, 0.05) is 24.2 Å². The highest BCUT2D eigenvalue weighted by Gasteiger charge is 2.23. The fraction of sp³-hybridized carbons (Fsp3) is 0.312. The zero-order valence-corrected chi connectivity index (χ0v) is 14.6. The Morgan fingerprint density at radius 1 is 1.30 bits per heavy atom. The second-order valence-corrected chi connectivity index (χ2v) is 6.66. The maximum atomic E-state index is 12.5. The maximum Gasteiger partial charge on any atom is 0.253 e. The minimum Gasteiger partial charge on any atom is -0.393 e. The molecule has 1 aliphatic rings. The molecule has 1 aromatic carbocycles. The third-order valence-corrected chi connectivity index (χ3v) is 4.54. The van der Waals surface area contributed by atoms with Crippen LogP contribution in [0.2, 0.25) is 5.02 Å². The van der Waals surface area contributed by atoms with E-state index in [0.29, 0.717) is 46.8 Å². The molecule has 23 heavy (non-hydrogen) atoms. The van der Waals surface area contributed by atoms with Gasteiger partial charge in [0.1, 0.15) is 4.60 Å². The monoisotopic (exact) mass is 395 g/mol. The van der Waals surface area contributed by atoms with E-state index in [1.165, 1.54) is 0 Å². The van der Waals surface area contributed by atoms with Crippen LogP contribution in [0.3, 0.4) is 0 Å². The van der Waals surface area contributed by atoms with Crippen molar-refractivity contribution in [2.75, 3.05) is 13.1 Å². The molecule has 1 aromatic heterocycles. The van der Waals surface area contributed by atoms with E-state index in [1.807, 2.05) is 0 Å². The molecule has 1 saturated heterocycles. The average molecular weight is 397 g/mol. The number of aromatic nitrogens is 2. The number of hydrogen-bond donors (Lipinski definition) is 1. The van der Waals surface area contributed by atoms with Crippen molar-refractivity contribution in [1.82, 2.24) is 14.9 Å². The predicted octanol–water partition coefficient (Wildman–Crippen LogP) is 3.16. The van der Waals surface area contributed by atoms with E-state index in [9.17, 15) is 9.90 Å². The van der Waals surface area contributed by atoms with Crippen molar-refractivity contribution in [2.45, 2.75) is 18.9 Å². The summed E-state index contributed by atoms with van der Waals surface area (Å²) in [5.74, 6) is -0.0642. The summed E-state index contributed by atoms with van der Waals surface area (Å²) in [6, 6.07) is 5.19. The van der Waals surface area contributed by atoms with Crippen molar-refractivity contribution in [2.24, 2.45) is 0 Å². The first-order valence-electron chi connectivity index (χ1n) is 7.29. The second kappa shape index (κ2) is 6.95. The lowest BCUT2D eigenvalue weighted by atomic mass is 10.0. The van der Waals surface area contributed by atoms with Crippen molar-refractivity contribution in [3.8, 4) is 11.3 Å². The van der Waals surface area contributed by atoms with Gasteiger partial charge in [-0.3, -0.25) is 9.78 Å². The van der Waals surface area contributed by atoms with Crippen LogP contribution in [0.1, 0.15) is 23.2 Å². The Morgan fingerprint density at radius 2 is 2.04 bits per heavy atom. The smallest absolute Gasteiger partial charge is 0.253 e. The molecule has 0 saturated carbocycles. The van der Waals surface area contributed by atoms with Gasteiger partial charge in [-0.05, 0) is 40.9 Å². The van der Waals surface area contributed by atoms with Gasteiger partial charge in [-0.25, -0.2) is 4.98 Å². The van der Waals surface area contributed by atoms with Crippen LogP contribution in [0.15, 0.2) is 35.2 Å². The van der Waals surface area contributed by atoms with Gasteiger partial charge in [0.25, 0.3) is 5.91 Å². The summed E-state index contributed by atoms with van der Waals surface area (Å²) in [6.45, 7) is 1.13. The number of amides is 1. The molecule has 1 amide bonds. The lowest BCUT2D eigenvalue weighted by molar-refractivity contribution is 0.0546. The SMILES string of the molecule is O=C(c1ccc(-c2cncc(Br)n2)c(Cl)c1)N1CCC(O)CC1. The molecule has 0 aliphatic carbocycles. The van der Waals surface area contributed by atoms with Crippen LogP contribution in [0.5, 0.6) is 0 Å². The Kier molecular flexibility index (Phi) is 4.94. The first-order chi connectivity index (χ1) is 11.0. The third-order valence-electron chi connectivity index (χ3n) is 3.85. The van der Waals surface area contributed by atoms with E-state index in [1.54, 1.807) is 35.5 Å². The molecule has 2 heterocycles. The first-order valence-corrected chi connectivity index (χ1v) is 8.46. The number of carbonyl (C=O) groups excluding carboxylic acids is 1. The van der Waals surface area contributed by atoms with Gasteiger partial charge in [-0.1, -0.05) is 17.7 Å². The van der Waals surface area contributed by atoms with Crippen molar-refractivity contribution >= 4 is 33.4 Å². The maximum absolute atomic E-state index is 12.5. The molecule has 2 aromatic rings. The molecule has 3 rings (SSSR count).